The molecule has 1 N–H and O–H groups in total. The Bertz CT molecular complexity index is 609. The molecule has 2 fully saturated rings. The van der Waals surface area contributed by atoms with Gasteiger partial charge < -0.3 is 19.5 Å². The Kier molecular flexibility index (Phi) is 6.80. The molecule has 2 aliphatic heterocycles. The third-order valence-corrected chi connectivity index (χ3v) is 5.35. The van der Waals surface area contributed by atoms with Crippen LogP contribution in [0.25, 0.3) is 0 Å². The maximum Gasteiger partial charge on any atom is 0.490 e. The van der Waals surface area contributed by atoms with Gasteiger partial charge in [0.1, 0.15) is 5.01 Å². The molecular formula is C15H22F3N3O4S. The molecule has 0 aromatic carbocycles. The maximum absolute atomic E-state index is 10.6. The van der Waals surface area contributed by atoms with Crippen LogP contribution in [0, 0.1) is 12.3 Å². The average molecular weight is 397 g/mol. The molecule has 0 radical (unpaired) electrons. The number of rotatable bonds is 3. The van der Waals surface area contributed by atoms with Crippen molar-refractivity contribution in [1.29, 1.82) is 0 Å². The van der Waals surface area contributed by atoms with Gasteiger partial charge in [0.2, 0.25) is 5.13 Å². The van der Waals surface area contributed by atoms with Crippen LogP contribution >= 0.6 is 11.3 Å². The SMILES string of the molecule is COCC12CCCOC1CCN(c1nnc(C)s1)C2.O=C(O)C(F)(F)F. The van der Waals surface area contributed by atoms with Gasteiger partial charge in [-0.2, -0.15) is 13.2 Å². The average Bonchev–Trinajstić information content (AvgIpc) is 3.00. The van der Waals surface area contributed by atoms with Gasteiger partial charge in [0.25, 0.3) is 0 Å². The topological polar surface area (TPSA) is 84.8 Å². The molecule has 148 valence electrons. The van der Waals surface area contributed by atoms with Crippen molar-refractivity contribution in [3.8, 4) is 0 Å². The quantitative estimate of drug-likeness (QED) is 0.839. The van der Waals surface area contributed by atoms with Crippen LogP contribution in [0.4, 0.5) is 18.3 Å². The van der Waals surface area contributed by atoms with E-state index in [0.717, 1.165) is 49.3 Å². The van der Waals surface area contributed by atoms with Gasteiger partial charge in [-0.3, -0.25) is 0 Å². The van der Waals surface area contributed by atoms with Crippen molar-refractivity contribution in [1.82, 2.24) is 10.2 Å². The first-order valence-corrected chi connectivity index (χ1v) is 8.95. The molecule has 2 unspecified atom stereocenters. The van der Waals surface area contributed by atoms with E-state index in [4.69, 9.17) is 19.4 Å². The lowest BCUT2D eigenvalue weighted by Crippen LogP contribution is -2.57. The molecule has 0 aliphatic carbocycles. The second-order valence-electron chi connectivity index (χ2n) is 6.38. The fourth-order valence-electron chi connectivity index (χ4n) is 3.37. The first-order valence-electron chi connectivity index (χ1n) is 8.14. The van der Waals surface area contributed by atoms with Crippen LogP contribution in [0.1, 0.15) is 24.3 Å². The number of hydrogen-bond donors (Lipinski definition) is 1. The van der Waals surface area contributed by atoms with E-state index >= 15 is 0 Å². The highest BCUT2D eigenvalue weighted by atomic mass is 32.1. The number of nitrogens with zero attached hydrogens (tertiary/aromatic N) is 3. The van der Waals surface area contributed by atoms with Crippen molar-refractivity contribution in [2.75, 3.05) is 38.3 Å². The maximum atomic E-state index is 10.6. The largest absolute Gasteiger partial charge is 0.490 e. The first-order chi connectivity index (χ1) is 12.2. The second-order valence-corrected chi connectivity index (χ2v) is 7.54. The highest BCUT2D eigenvalue weighted by molar-refractivity contribution is 7.15. The number of aromatic nitrogens is 2. The molecule has 2 saturated heterocycles. The molecular weight excluding hydrogens is 375 g/mol. The number of ether oxygens (including phenoxy) is 2. The lowest BCUT2D eigenvalue weighted by molar-refractivity contribution is -0.192. The van der Waals surface area contributed by atoms with Crippen LogP contribution in [-0.2, 0) is 14.3 Å². The predicted molar refractivity (Wildman–Crippen MR) is 88.4 cm³/mol. The van der Waals surface area contributed by atoms with Crippen molar-refractivity contribution < 1.29 is 32.5 Å². The highest BCUT2D eigenvalue weighted by Crippen LogP contribution is 2.41. The van der Waals surface area contributed by atoms with Gasteiger partial charge in [-0.15, -0.1) is 10.2 Å². The van der Waals surface area contributed by atoms with Gasteiger partial charge in [-0.05, 0) is 26.2 Å². The zero-order chi connectivity index (χ0) is 19.4. The number of methoxy groups -OCH3 is 1. The molecule has 0 saturated carbocycles. The number of carbonyl (C=O) groups is 1. The van der Waals surface area contributed by atoms with Crippen LogP contribution in [0.15, 0.2) is 0 Å². The Hall–Kier alpha value is -1.46. The fraction of sp³-hybridized carbons (Fsp3) is 0.800. The van der Waals surface area contributed by atoms with Gasteiger partial charge in [0, 0.05) is 32.2 Å². The van der Waals surface area contributed by atoms with E-state index < -0.39 is 12.1 Å². The van der Waals surface area contributed by atoms with Crippen LogP contribution in [-0.4, -0.2) is 67.0 Å². The predicted octanol–water partition coefficient (Wildman–Crippen LogP) is 2.50. The van der Waals surface area contributed by atoms with E-state index in [-0.39, 0.29) is 5.41 Å². The van der Waals surface area contributed by atoms with Crippen molar-refractivity contribution >= 4 is 22.4 Å². The van der Waals surface area contributed by atoms with E-state index in [9.17, 15) is 13.2 Å². The monoisotopic (exact) mass is 397 g/mol. The number of hydrogen-bond acceptors (Lipinski definition) is 7. The Morgan fingerprint density at radius 2 is 2.19 bits per heavy atom. The summed E-state index contributed by atoms with van der Waals surface area (Å²) in [5, 5.41) is 17.6. The van der Waals surface area contributed by atoms with Gasteiger partial charge in [-0.25, -0.2) is 4.79 Å². The molecule has 2 aliphatic rings. The number of aryl methyl sites for hydroxylation is 1. The Morgan fingerprint density at radius 3 is 2.73 bits per heavy atom. The molecule has 3 heterocycles. The summed E-state index contributed by atoms with van der Waals surface area (Å²) < 4.78 is 43.2. The summed E-state index contributed by atoms with van der Waals surface area (Å²) in [6, 6.07) is 0. The molecule has 2 atom stereocenters. The third kappa shape index (κ3) is 5.04. The molecule has 1 aromatic heterocycles. The summed E-state index contributed by atoms with van der Waals surface area (Å²) in [7, 11) is 1.79. The summed E-state index contributed by atoms with van der Waals surface area (Å²) >= 11 is 1.67. The Balaban J connectivity index is 0.000000298. The van der Waals surface area contributed by atoms with Crippen LogP contribution in [0.5, 0.6) is 0 Å². The Labute approximate surface area is 153 Å². The van der Waals surface area contributed by atoms with Gasteiger partial charge >= 0.3 is 12.1 Å². The molecule has 11 heteroatoms. The molecule has 7 nitrogen and oxygen atoms in total. The number of halogens is 3. The number of aliphatic carboxylic acids is 1. The molecule has 26 heavy (non-hydrogen) atoms. The van der Waals surface area contributed by atoms with E-state index in [0.29, 0.717) is 6.10 Å². The minimum Gasteiger partial charge on any atom is -0.475 e. The van der Waals surface area contributed by atoms with Crippen molar-refractivity contribution in [2.24, 2.45) is 5.41 Å². The number of anilines is 1. The number of alkyl halides is 3. The highest BCUT2D eigenvalue weighted by Gasteiger charge is 2.46. The van der Waals surface area contributed by atoms with E-state index in [2.05, 4.69) is 15.1 Å². The van der Waals surface area contributed by atoms with Crippen molar-refractivity contribution in [3.05, 3.63) is 5.01 Å². The molecule has 0 amide bonds. The van der Waals surface area contributed by atoms with E-state index in [1.807, 2.05) is 6.92 Å². The lowest BCUT2D eigenvalue weighted by Gasteiger charge is -2.50. The van der Waals surface area contributed by atoms with E-state index in [1.165, 1.54) is 6.42 Å². The van der Waals surface area contributed by atoms with Crippen LogP contribution < -0.4 is 4.90 Å². The first kappa shape index (κ1) is 20.8. The third-order valence-electron chi connectivity index (χ3n) is 4.45. The summed E-state index contributed by atoms with van der Waals surface area (Å²) in [4.78, 5) is 11.3. The normalized spacial score (nSPS) is 25.9. The molecule has 3 rings (SSSR count). The molecule has 0 spiro atoms. The number of carboxylic acids is 1. The standard InChI is InChI=1S/C13H21N3O2S.C2HF3O2/c1-10-14-15-12(19-10)16-6-4-11-13(8-16,9-17-2)5-3-7-18-11;3-2(4,5)1(6)7/h11H,3-9H2,1-2H3;(H,6,7). The van der Waals surface area contributed by atoms with Gasteiger partial charge in [-0.1, -0.05) is 11.3 Å². The summed E-state index contributed by atoms with van der Waals surface area (Å²) in [5.74, 6) is -2.76. The number of piperidine rings is 1. The smallest absolute Gasteiger partial charge is 0.475 e. The number of fused-ring (bicyclic) bond motifs is 1. The zero-order valence-electron chi connectivity index (χ0n) is 14.6. The summed E-state index contributed by atoms with van der Waals surface area (Å²) in [6.45, 7) is 5.65. The minimum atomic E-state index is -5.08. The summed E-state index contributed by atoms with van der Waals surface area (Å²) in [6.07, 6.45) is -1.38. The van der Waals surface area contributed by atoms with Gasteiger partial charge in [0.05, 0.1) is 12.7 Å². The van der Waals surface area contributed by atoms with Gasteiger partial charge in [0.15, 0.2) is 0 Å². The minimum absolute atomic E-state index is 0.130. The van der Waals surface area contributed by atoms with Crippen molar-refractivity contribution in [2.45, 2.75) is 38.5 Å². The Morgan fingerprint density at radius 1 is 1.50 bits per heavy atom. The van der Waals surface area contributed by atoms with Crippen molar-refractivity contribution in [3.63, 3.8) is 0 Å². The fourth-order valence-corrected chi connectivity index (χ4v) is 4.08. The number of carboxylic acid groups (broad SMARTS) is 1. The summed E-state index contributed by atoms with van der Waals surface area (Å²) in [5.41, 5.74) is 0.130. The second kappa shape index (κ2) is 8.49. The van der Waals surface area contributed by atoms with Crippen LogP contribution in [0.3, 0.4) is 0 Å². The lowest BCUT2D eigenvalue weighted by atomic mass is 9.73. The van der Waals surface area contributed by atoms with Crippen LogP contribution in [0.2, 0.25) is 0 Å². The van der Waals surface area contributed by atoms with E-state index in [1.54, 1.807) is 18.4 Å². The zero-order valence-corrected chi connectivity index (χ0v) is 15.4. The molecule has 1 aromatic rings. The molecule has 0 bridgehead atoms.